The molecule has 0 spiro atoms. The van der Waals surface area contributed by atoms with Gasteiger partial charge in [-0.2, -0.15) is 17.0 Å². The Morgan fingerprint density at radius 2 is 2.39 bits per heavy atom. The molecule has 5 heteroatoms. The van der Waals surface area contributed by atoms with Crippen LogP contribution in [0.15, 0.2) is 22.7 Å². The van der Waals surface area contributed by atoms with Crippen molar-refractivity contribution < 1.29 is 4.79 Å². The van der Waals surface area contributed by atoms with Crippen LogP contribution < -0.4 is 5.32 Å². The van der Waals surface area contributed by atoms with Crippen LogP contribution in [0.3, 0.4) is 0 Å². The van der Waals surface area contributed by atoms with Crippen LogP contribution in [0.5, 0.6) is 0 Å². The highest BCUT2D eigenvalue weighted by molar-refractivity contribution is 9.10. The first-order chi connectivity index (χ1) is 8.56. The summed E-state index contributed by atoms with van der Waals surface area (Å²) in [5.41, 5.74) is 0.962. The first-order valence-electron chi connectivity index (χ1n) is 5.64. The zero-order valence-electron chi connectivity index (χ0n) is 10.00. The maximum atomic E-state index is 12.2. The lowest BCUT2D eigenvalue weighted by Gasteiger charge is -2.21. The number of aryl methyl sites for hydroxylation is 1. The van der Waals surface area contributed by atoms with E-state index in [1.165, 1.54) is 0 Å². The van der Waals surface area contributed by atoms with E-state index in [1.807, 2.05) is 19.1 Å². The highest BCUT2D eigenvalue weighted by Gasteiger charge is 2.36. The molecule has 1 aromatic carbocycles. The summed E-state index contributed by atoms with van der Waals surface area (Å²) in [6.07, 6.45) is 0.712. The van der Waals surface area contributed by atoms with E-state index < -0.39 is 5.54 Å². The average molecular weight is 325 g/mol. The molecule has 94 valence electrons. The summed E-state index contributed by atoms with van der Waals surface area (Å²) in [4.78, 5) is 12.2. The van der Waals surface area contributed by atoms with Gasteiger partial charge in [-0.25, -0.2) is 0 Å². The average Bonchev–Trinajstić information content (AvgIpc) is 2.78. The number of nitrogens with zero attached hydrogens (tertiary/aromatic N) is 1. The van der Waals surface area contributed by atoms with Gasteiger partial charge in [0.2, 0.25) is 0 Å². The molecule has 0 bridgehead atoms. The van der Waals surface area contributed by atoms with Crippen molar-refractivity contribution >= 4 is 33.6 Å². The topological polar surface area (TPSA) is 52.9 Å². The third kappa shape index (κ3) is 2.70. The molecule has 3 nitrogen and oxygen atoms in total. The standard InChI is InChI=1S/C13H13BrN2OS/c1-9-2-3-10(11(14)6-9)12(17)16-13(7-15)4-5-18-8-13/h2-3,6H,4-5,8H2,1H3,(H,16,17). The number of nitrogens with one attached hydrogen (secondary N) is 1. The number of hydrogen-bond donors (Lipinski definition) is 1. The molecule has 0 radical (unpaired) electrons. The maximum Gasteiger partial charge on any atom is 0.253 e. The minimum absolute atomic E-state index is 0.189. The number of hydrogen-bond acceptors (Lipinski definition) is 3. The van der Waals surface area contributed by atoms with Crippen LogP contribution >= 0.6 is 27.7 Å². The summed E-state index contributed by atoms with van der Waals surface area (Å²) < 4.78 is 0.763. The van der Waals surface area contributed by atoms with E-state index in [0.717, 1.165) is 15.8 Å². The third-order valence-electron chi connectivity index (χ3n) is 2.96. The number of nitriles is 1. The number of carbonyl (C=O) groups is 1. The van der Waals surface area contributed by atoms with Crippen LogP contribution in [0.2, 0.25) is 0 Å². The fraction of sp³-hybridized carbons (Fsp3) is 0.385. The molecule has 1 aliphatic heterocycles. The van der Waals surface area contributed by atoms with E-state index in [9.17, 15) is 10.1 Å². The van der Waals surface area contributed by atoms with Gasteiger partial charge in [0.15, 0.2) is 0 Å². The predicted octanol–water partition coefficient (Wildman–Crippen LogP) is 2.89. The molecule has 1 aromatic rings. The summed E-state index contributed by atoms with van der Waals surface area (Å²) >= 11 is 5.09. The molecule has 0 saturated carbocycles. The first-order valence-corrected chi connectivity index (χ1v) is 7.59. The summed E-state index contributed by atoms with van der Waals surface area (Å²) in [5, 5.41) is 12.1. The van der Waals surface area contributed by atoms with Crippen molar-refractivity contribution in [2.24, 2.45) is 0 Å². The minimum atomic E-state index is -0.702. The Hall–Kier alpha value is -0.990. The minimum Gasteiger partial charge on any atom is -0.333 e. The number of halogens is 1. The zero-order valence-corrected chi connectivity index (χ0v) is 12.4. The summed E-state index contributed by atoms with van der Waals surface area (Å²) in [6, 6.07) is 7.81. The number of rotatable bonds is 2. The van der Waals surface area contributed by atoms with Crippen LogP contribution in [0.25, 0.3) is 0 Å². The highest BCUT2D eigenvalue weighted by Crippen LogP contribution is 2.28. The van der Waals surface area contributed by atoms with Gasteiger partial charge in [-0.05, 0) is 52.7 Å². The van der Waals surface area contributed by atoms with Crippen molar-refractivity contribution in [2.75, 3.05) is 11.5 Å². The van der Waals surface area contributed by atoms with Crippen LogP contribution in [0, 0.1) is 18.3 Å². The van der Waals surface area contributed by atoms with E-state index in [0.29, 0.717) is 17.7 Å². The van der Waals surface area contributed by atoms with Gasteiger partial charge in [0.1, 0.15) is 5.54 Å². The molecule has 18 heavy (non-hydrogen) atoms. The maximum absolute atomic E-state index is 12.2. The molecule has 0 aromatic heterocycles. The summed E-state index contributed by atoms with van der Waals surface area (Å²) in [5.74, 6) is 1.40. The molecule has 1 unspecified atom stereocenters. The SMILES string of the molecule is Cc1ccc(C(=O)NC2(C#N)CCSC2)c(Br)c1. The fourth-order valence-corrected chi connectivity index (χ4v) is 3.81. The number of benzene rings is 1. The molecule has 1 aliphatic rings. The van der Waals surface area contributed by atoms with Crippen molar-refractivity contribution in [1.29, 1.82) is 5.26 Å². The number of amides is 1. The van der Waals surface area contributed by atoms with E-state index >= 15 is 0 Å². The molecule has 1 N–H and O–H groups in total. The molecule has 1 saturated heterocycles. The Morgan fingerprint density at radius 3 is 2.94 bits per heavy atom. The number of thioether (sulfide) groups is 1. The summed E-state index contributed by atoms with van der Waals surface area (Å²) in [6.45, 7) is 1.97. The van der Waals surface area contributed by atoms with Crippen molar-refractivity contribution in [3.8, 4) is 6.07 Å². The van der Waals surface area contributed by atoms with E-state index in [-0.39, 0.29) is 5.91 Å². The Bertz CT molecular complexity index is 518. The van der Waals surface area contributed by atoms with Gasteiger partial charge in [-0.1, -0.05) is 6.07 Å². The monoisotopic (exact) mass is 324 g/mol. The van der Waals surface area contributed by atoms with Crippen molar-refractivity contribution in [3.63, 3.8) is 0 Å². The van der Waals surface area contributed by atoms with Gasteiger partial charge in [0, 0.05) is 10.2 Å². The Kier molecular flexibility index (Phi) is 3.98. The summed E-state index contributed by atoms with van der Waals surface area (Å²) in [7, 11) is 0. The predicted molar refractivity (Wildman–Crippen MR) is 76.6 cm³/mol. The van der Waals surface area contributed by atoms with Gasteiger partial charge in [0.05, 0.1) is 11.6 Å². The third-order valence-corrected chi connectivity index (χ3v) is 4.80. The van der Waals surface area contributed by atoms with Crippen LogP contribution in [-0.2, 0) is 0 Å². The lowest BCUT2D eigenvalue weighted by atomic mass is 10.0. The second kappa shape index (κ2) is 5.33. The van der Waals surface area contributed by atoms with E-state index in [4.69, 9.17) is 0 Å². The lowest BCUT2D eigenvalue weighted by molar-refractivity contribution is 0.0925. The second-order valence-corrected chi connectivity index (χ2v) is 6.39. The van der Waals surface area contributed by atoms with Crippen LogP contribution in [-0.4, -0.2) is 23.0 Å². The largest absolute Gasteiger partial charge is 0.333 e. The second-order valence-electron chi connectivity index (χ2n) is 4.43. The fourth-order valence-electron chi connectivity index (χ4n) is 1.87. The van der Waals surface area contributed by atoms with Gasteiger partial charge in [-0.15, -0.1) is 0 Å². The van der Waals surface area contributed by atoms with Crippen molar-refractivity contribution in [3.05, 3.63) is 33.8 Å². The van der Waals surface area contributed by atoms with Crippen LogP contribution in [0.1, 0.15) is 22.3 Å². The Balaban J connectivity index is 2.19. The smallest absolute Gasteiger partial charge is 0.253 e. The zero-order chi connectivity index (χ0) is 13.2. The molecular formula is C13H13BrN2OS. The molecule has 2 rings (SSSR count). The van der Waals surface area contributed by atoms with Crippen LogP contribution in [0.4, 0.5) is 0 Å². The van der Waals surface area contributed by atoms with Gasteiger partial charge < -0.3 is 5.32 Å². The van der Waals surface area contributed by atoms with Crippen molar-refractivity contribution in [1.82, 2.24) is 5.32 Å². The van der Waals surface area contributed by atoms with Gasteiger partial charge in [-0.3, -0.25) is 4.79 Å². The molecule has 1 atom stereocenters. The normalized spacial score (nSPS) is 22.5. The highest BCUT2D eigenvalue weighted by atomic mass is 79.9. The number of carbonyl (C=O) groups excluding carboxylic acids is 1. The van der Waals surface area contributed by atoms with Crippen molar-refractivity contribution in [2.45, 2.75) is 18.9 Å². The van der Waals surface area contributed by atoms with Gasteiger partial charge >= 0.3 is 0 Å². The Labute approximate surface area is 119 Å². The molecule has 0 aliphatic carbocycles. The molecule has 1 heterocycles. The quantitative estimate of drug-likeness (QED) is 0.910. The lowest BCUT2D eigenvalue weighted by Crippen LogP contribution is -2.47. The van der Waals surface area contributed by atoms with E-state index in [2.05, 4.69) is 27.3 Å². The first kappa shape index (κ1) is 13.4. The molecule has 1 amide bonds. The van der Waals surface area contributed by atoms with Gasteiger partial charge in [0.25, 0.3) is 5.91 Å². The Morgan fingerprint density at radius 1 is 1.61 bits per heavy atom. The molecular weight excluding hydrogens is 312 g/mol. The molecule has 1 fully saturated rings. The van der Waals surface area contributed by atoms with E-state index in [1.54, 1.807) is 17.8 Å².